The molecule has 0 aliphatic rings. The van der Waals surface area contributed by atoms with Crippen molar-refractivity contribution in [1.29, 1.82) is 0 Å². The third-order valence-corrected chi connectivity index (χ3v) is 2.63. The standard InChI is InChI=1S/C12H18N2O3/c1-2-13(8-3-9-15)10-11-4-6-12(7-5-11)14(16)17/h4-7,15H,2-3,8-10H2,1H3. The van der Waals surface area contributed by atoms with E-state index in [0.717, 1.165) is 31.6 Å². The molecule has 0 bridgehead atoms. The van der Waals surface area contributed by atoms with E-state index in [-0.39, 0.29) is 12.3 Å². The van der Waals surface area contributed by atoms with Crippen LogP contribution >= 0.6 is 0 Å². The van der Waals surface area contributed by atoms with Crippen LogP contribution in [0.3, 0.4) is 0 Å². The van der Waals surface area contributed by atoms with Crippen molar-refractivity contribution < 1.29 is 10.0 Å². The first-order valence-corrected chi connectivity index (χ1v) is 5.74. The molecule has 1 N–H and O–H groups in total. The van der Waals surface area contributed by atoms with Crippen molar-refractivity contribution in [3.63, 3.8) is 0 Å². The van der Waals surface area contributed by atoms with Crippen LogP contribution in [0.25, 0.3) is 0 Å². The van der Waals surface area contributed by atoms with Crippen LogP contribution in [0.5, 0.6) is 0 Å². The van der Waals surface area contributed by atoms with Crippen molar-refractivity contribution in [3.05, 3.63) is 39.9 Å². The second-order valence-corrected chi connectivity index (χ2v) is 3.87. The van der Waals surface area contributed by atoms with Gasteiger partial charge in [0.05, 0.1) is 4.92 Å². The van der Waals surface area contributed by atoms with Crippen LogP contribution in [0.15, 0.2) is 24.3 Å². The summed E-state index contributed by atoms with van der Waals surface area (Å²) in [5.74, 6) is 0. The first kappa shape index (κ1) is 13.6. The van der Waals surface area contributed by atoms with E-state index in [1.807, 2.05) is 0 Å². The van der Waals surface area contributed by atoms with Gasteiger partial charge in [0.2, 0.25) is 0 Å². The Hall–Kier alpha value is -1.46. The first-order valence-electron chi connectivity index (χ1n) is 5.74. The molecule has 1 aromatic carbocycles. The normalized spacial score (nSPS) is 10.8. The number of aliphatic hydroxyl groups excluding tert-OH is 1. The molecule has 0 aliphatic heterocycles. The Morgan fingerprint density at radius 1 is 1.35 bits per heavy atom. The van der Waals surface area contributed by atoms with Crippen molar-refractivity contribution in [1.82, 2.24) is 4.90 Å². The largest absolute Gasteiger partial charge is 0.396 e. The number of nitro groups is 1. The van der Waals surface area contributed by atoms with Gasteiger partial charge in [0, 0.05) is 31.8 Å². The van der Waals surface area contributed by atoms with Gasteiger partial charge in [-0.05, 0) is 18.5 Å². The topological polar surface area (TPSA) is 66.6 Å². The summed E-state index contributed by atoms with van der Waals surface area (Å²) in [4.78, 5) is 12.3. The minimum absolute atomic E-state index is 0.118. The summed E-state index contributed by atoms with van der Waals surface area (Å²) in [6.07, 6.45) is 0.751. The zero-order valence-electron chi connectivity index (χ0n) is 10.0. The fraction of sp³-hybridized carbons (Fsp3) is 0.500. The van der Waals surface area contributed by atoms with Crippen LogP contribution in [-0.2, 0) is 6.54 Å². The Morgan fingerprint density at radius 3 is 2.47 bits per heavy atom. The van der Waals surface area contributed by atoms with Gasteiger partial charge in [0.1, 0.15) is 0 Å². The number of rotatable bonds is 7. The molecule has 0 atom stereocenters. The minimum atomic E-state index is -0.396. The summed E-state index contributed by atoms with van der Waals surface area (Å²) in [6, 6.07) is 6.60. The number of nitro benzene ring substituents is 1. The molecule has 0 saturated carbocycles. The maximum atomic E-state index is 10.5. The van der Waals surface area contributed by atoms with E-state index >= 15 is 0 Å². The molecule has 0 aromatic heterocycles. The van der Waals surface area contributed by atoms with Gasteiger partial charge in [-0.25, -0.2) is 0 Å². The average molecular weight is 238 g/mol. The Labute approximate surface area is 101 Å². The number of nitrogens with zero attached hydrogens (tertiary/aromatic N) is 2. The zero-order valence-corrected chi connectivity index (χ0v) is 10.0. The van der Waals surface area contributed by atoms with Crippen LogP contribution in [0.4, 0.5) is 5.69 Å². The smallest absolute Gasteiger partial charge is 0.269 e. The molecule has 0 aliphatic carbocycles. The van der Waals surface area contributed by atoms with Gasteiger partial charge < -0.3 is 5.11 Å². The van der Waals surface area contributed by atoms with Crippen molar-refractivity contribution in [2.24, 2.45) is 0 Å². The third kappa shape index (κ3) is 4.50. The monoisotopic (exact) mass is 238 g/mol. The first-order chi connectivity index (χ1) is 8.17. The van der Waals surface area contributed by atoms with Gasteiger partial charge in [0.25, 0.3) is 5.69 Å². The Morgan fingerprint density at radius 2 is 2.00 bits per heavy atom. The molecule has 1 aromatic rings. The SMILES string of the molecule is CCN(CCCO)Cc1ccc([N+](=O)[O-])cc1. The predicted molar refractivity (Wildman–Crippen MR) is 65.8 cm³/mol. The van der Waals surface area contributed by atoms with Gasteiger partial charge in [-0.3, -0.25) is 15.0 Å². The molecule has 5 heteroatoms. The number of benzene rings is 1. The van der Waals surface area contributed by atoms with E-state index in [4.69, 9.17) is 5.11 Å². The molecule has 0 saturated heterocycles. The van der Waals surface area contributed by atoms with Crippen LogP contribution in [0, 0.1) is 10.1 Å². The quantitative estimate of drug-likeness (QED) is 0.581. The lowest BCUT2D eigenvalue weighted by Crippen LogP contribution is -2.24. The summed E-state index contributed by atoms with van der Waals surface area (Å²) in [5.41, 5.74) is 1.17. The Kier molecular flexibility index (Phi) is 5.59. The van der Waals surface area contributed by atoms with Crippen molar-refractivity contribution >= 4 is 5.69 Å². The number of aliphatic hydroxyl groups is 1. The van der Waals surface area contributed by atoms with Crippen LogP contribution in [-0.4, -0.2) is 34.6 Å². The maximum absolute atomic E-state index is 10.5. The van der Waals surface area contributed by atoms with Gasteiger partial charge in [-0.15, -0.1) is 0 Å². The highest BCUT2D eigenvalue weighted by atomic mass is 16.6. The van der Waals surface area contributed by atoms with E-state index < -0.39 is 4.92 Å². The molecule has 5 nitrogen and oxygen atoms in total. The Bertz CT molecular complexity index is 351. The molecular formula is C12H18N2O3. The highest BCUT2D eigenvalue weighted by molar-refractivity contribution is 5.32. The summed E-state index contributed by atoms with van der Waals surface area (Å²) < 4.78 is 0. The lowest BCUT2D eigenvalue weighted by Gasteiger charge is -2.19. The Balaban J connectivity index is 2.57. The molecule has 0 radical (unpaired) electrons. The van der Waals surface area contributed by atoms with Gasteiger partial charge in [0.15, 0.2) is 0 Å². The van der Waals surface area contributed by atoms with E-state index in [2.05, 4.69) is 11.8 Å². The van der Waals surface area contributed by atoms with Crippen LogP contribution in [0.1, 0.15) is 18.9 Å². The molecule has 0 unspecified atom stereocenters. The second-order valence-electron chi connectivity index (χ2n) is 3.87. The fourth-order valence-corrected chi connectivity index (χ4v) is 1.62. The molecule has 0 heterocycles. The van der Waals surface area contributed by atoms with Gasteiger partial charge >= 0.3 is 0 Å². The summed E-state index contributed by atoms with van der Waals surface area (Å²) in [5, 5.41) is 19.3. The van der Waals surface area contributed by atoms with Crippen molar-refractivity contribution in [3.8, 4) is 0 Å². The minimum Gasteiger partial charge on any atom is -0.396 e. The summed E-state index contributed by atoms with van der Waals surface area (Å²) in [6.45, 7) is 4.75. The summed E-state index contributed by atoms with van der Waals surface area (Å²) >= 11 is 0. The maximum Gasteiger partial charge on any atom is 0.269 e. The number of hydrogen-bond acceptors (Lipinski definition) is 4. The predicted octanol–water partition coefficient (Wildman–Crippen LogP) is 1.80. The molecular weight excluding hydrogens is 220 g/mol. The fourth-order valence-electron chi connectivity index (χ4n) is 1.62. The second kappa shape index (κ2) is 6.98. The van der Waals surface area contributed by atoms with Gasteiger partial charge in [-0.1, -0.05) is 19.1 Å². The molecule has 0 spiro atoms. The van der Waals surface area contributed by atoms with E-state index in [1.165, 1.54) is 12.1 Å². The molecule has 94 valence electrons. The molecule has 17 heavy (non-hydrogen) atoms. The number of hydrogen-bond donors (Lipinski definition) is 1. The lowest BCUT2D eigenvalue weighted by molar-refractivity contribution is -0.384. The summed E-state index contributed by atoms with van der Waals surface area (Å²) in [7, 11) is 0. The lowest BCUT2D eigenvalue weighted by atomic mass is 10.2. The third-order valence-electron chi connectivity index (χ3n) is 2.63. The van der Waals surface area contributed by atoms with Crippen LogP contribution in [0.2, 0.25) is 0 Å². The molecule has 0 fully saturated rings. The highest BCUT2D eigenvalue weighted by Crippen LogP contribution is 2.13. The molecule has 1 rings (SSSR count). The van der Waals surface area contributed by atoms with E-state index in [0.29, 0.717) is 0 Å². The van der Waals surface area contributed by atoms with E-state index in [9.17, 15) is 10.1 Å². The van der Waals surface area contributed by atoms with E-state index in [1.54, 1.807) is 12.1 Å². The zero-order chi connectivity index (χ0) is 12.7. The van der Waals surface area contributed by atoms with Gasteiger partial charge in [-0.2, -0.15) is 0 Å². The average Bonchev–Trinajstić information content (AvgIpc) is 2.35. The van der Waals surface area contributed by atoms with Crippen molar-refractivity contribution in [2.75, 3.05) is 19.7 Å². The highest BCUT2D eigenvalue weighted by Gasteiger charge is 2.06. The number of non-ortho nitro benzene ring substituents is 1. The van der Waals surface area contributed by atoms with Crippen LogP contribution < -0.4 is 0 Å². The molecule has 0 amide bonds. The van der Waals surface area contributed by atoms with Crippen molar-refractivity contribution in [2.45, 2.75) is 19.9 Å².